The number of hydrogen-bond acceptors (Lipinski definition) is 2. The van der Waals surface area contributed by atoms with E-state index in [2.05, 4.69) is 51.4 Å². The van der Waals surface area contributed by atoms with Gasteiger partial charge in [-0.15, -0.1) is 6.58 Å². The lowest BCUT2D eigenvalue weighted by Crippen LogP contribution is -2.19. The number of nitrogens with two attached hydrogens (primary N) is 1. The van der Waals surface area contributed by atoms with Gasteiger partial charge >= 0.3 is 0 Å². The molecule has 3 unspecified atom stereocenters. The van der Waals surface area contributed by atoms with E-state index in [1.165, 1.54) is 11.1 Å². The van der Waals surface area contributed by atoms with E-state index < -0.39 is 0 Å². The Bertz CT molecular complexity index is 490. The fourth-order valence-electron chi connectivity index (χ4n) is 3.24. The monoisotopic (exact) mass is 368 g/mol. The Morgan fingerprint density at radius 3 is 2.36 bits per heavy atom. The first-order valence-electron chi connectivity index (χ1n) is 9.29. The first-order valence-corrected chi connectivity index (χ1v) is 9.66. The lowest BCUT2D eigenvalue weighted by atomic mass is 9.82. The van der Waals surface area contributed by atoms with Crippen molar-refractivity contribution in [3.63, 3.8) is 0 Å². The van der Waals surface area contributed by atoms with Gasteiger partial charge < -0.3 is 10.5 Å². The van der Waals surface area contributed by atoms with E-state index in [1.807, 2.05) is 6.92 Å². The van der Waals surface area contributed by atoms with Crippen molar-refractivity contribution in [3.8, 4) is 0 Å². The van der Waals surface area contributed by atoms with Gasteiger partial charge in [-0.25, -0.2) is 4.99 Å². The first-order chi connectivity index (χ1) is 11.7. The molecule has 0 spiro atoms. The van der Waals surface area contributed by atoms with Crippen LogP contribution in [0.1, 0.15) is 66.7 Å². The summed E-state index contributed by atoms with van der Waals surface area (Å²) in [5.41, 5.74) is 8.93. The lowest BCUT2D eigenvalue weighted by Gasteiger charge is -2.27. The molecule has 0 saturated heterocycles. The number of nitrogens with zero attached hydrogens (tertiary/aromatic N) is 1. The number of ether oxygens (including phenoxy) is 1. The minimum absolute atomic E-state index is 0.0742. The Morgan fingerprint density at radius 2 is 1.92 bits per heavy atom. The highest BCUT2D eigenvalue weighted by atomic mass is 35.5. The standard InChI is InChI=1S/C21H37ClN2O/c1-8-10-18(20(25-7)11-9-2)14-19(16(5)12-15(3)4)13-17(6)24-21(22)23/h10,13,16,19-20H,3,8-9,11-12,14H2,1-2,4-7H3,(H2,23,24)/b17-13+,18-10?. The van der Waals surface area contributed by atoms with Gasteiger partial charge in [0.15, 0.2) is 5.29 Å². The molecule has 0 bridgehead atoms. The van der Waals surface area contributed by atoms with Crippen molar-refractivity contribution in [3.05, 3.63) is 35.6 Å². The van der Waals surface area contributed by atoms with Crippen LogP contribution in [0, 0.1) is 11.8 Å². The van der Waals surface area contributed by atoms with Gasteiger partial charge in [0.25, 0.3) is 0 Å². The van der Waals surface area contributed by atoms with Crippen LogP contribution >= 0.6 is 11.6 Å². The number of methoxy groups -OCH3 is 1. The summed E-state index contributed by atoms with van der Waals surface area (Å²) in [7, 11) is 1.80. The smallest absolute Gasteiger partial charge is 0.193 e. The SMILES string of the molecule is C=C(C)CC(C)C(/C=C(\C)N=C(N)Cl)CC(=CCC)C(CCC)OC. The molecule has 3 atom stereocenters. The molecule has 0 aromatic carbocycles. The van der Waals surface area contributed by atoms with Crippen LogP contribution in [-0.2, 0) is 4.74 Å². The molecule has 0 rings (SSSR count). The number of aliphatic imine (C=N–C) groups is 1. The van der Waals surface area contributed by atoms with E-state index in [-0.39, 0.29) is 11.4 Å². The Labute approximate surface area is 160 Å². The van der Waals surface area contributed by atoms with Crippen molar-refractivity contribution in [2.45, 2.75) is 72.8 Å². The first kappa shape index (κ1) is 23.9. The van der Waals surface area contributed by atoms with Gasteiger partial charge in [0, 0.05) is 12.8 Å². The summed E-state index contributed by atoms with van der Waals surface area (Å²) >= 11 is 5.73. The summed E-state index contributed by atoms with van der Waals surface area (Å²) in [6, 6.07) is 0. The molecule has 0 saturated carbocycles. The number of hydrogen-bond donors (Lipinski definition) is 1. The fourth-order valence-corrected chi connectivity index (χ4v) is 3.37. The van der Waals surface area contributed by atoms with E-state index in [9.17, 15) is 0 Å². The van der Waals surface area contributed by atoms with Gasteiger partial charge in [-0.05, 0) is 68.5 Å². The Kier molecular flexibility index (Phi) is 12.6. The van der Waals surface area contributed by atoms with Gasteiger partial charge in [-0.2, -0.15) is 0 Å². The van der Waals surface area contributed by atoms with E-state index in [1.54, 1.807) is 7.11 Å². The molecule has 144 valence electrons. The van der Waals surface area contributed by atoms with Crippen molar-refractivity contribution in [2.75, 3.05) is 7.11 Å². The molecule has 0 fully saturated rings. The molecule has 0 aromatic heterocycles. The second kappa shape index (κ2) is 13.2. The number of halogens is 1. The van der Waals surface area contributed by atoms with Gasteiger partial charge in [-0.3, -0.25) is 0 Å². The number of rotatable bonds is 12. The molecule has 0 aliphatic carbocycles. The van der Waals surface area contributed by atoms with Crippen molar-refractivity contribution in [2.24, 2.45) is 22.6 Å². The normalized spacial score (nSPS) is 17.3. The predicted molar refractivity (Wildman–Crippen MR) is 112 cm³/mol. The maximum atomic E-state index is 5.76. The largest absolute Gasteiger partial charge is 0.377 e. The summed E-state index contributed by atoms with van der Waals surface area (Å²) in [6.07, 6.45) is 9.77. The van der Waals surface area contributed by atoms with Crippen LogP contribution in [0.15, 0.2) is 40.6 Å². The number of allylic oxidation sites excluding steroid dienone is 4. The molecular formula is C21H37ClN2O. The van der Waals surface area contributed by atoms with Crippen molar-refractivity contribution < 1.29 is 4.74 Å². The van der Waals surface area contributed by atoms with E-state index in [0.717, 1.165) is 37.8 Å². The molecular weight excluding hydrogens is 332 g/mol. The Balaban J connectivity index is 5.59. The van der Waals surface area contributed by atoms with Crippen LogP contribution in [0.5, 0.6) is 0 Å². The zero-order valence-electron chi connectivity index (χ0n) is 16.9. The summed E-state index contributed by atoms with van der Waals surface area (Å²) in [5.74, 6) is 0.794. The molecule has 4 heteroatoms. The second-order valence-electron chi connectivity index (χ2n) is 6.95. The molecule has 0 radical (unpaired) electrons. The highest BCUT2D eigenvalue weighted by Crippen LogP contribution is 2.31. The predicted octanol–water partition coefficient (Wildman–Crippen LogP) is 6.20. The van der Waals surface area contributed by atoms with E-state index in [4.69, 9.17) is 22.1 Å². The maximum absolute atomic E-state index is 5.76. The molecule has 0 aliphatic heterocycles. The highest BCUT2D eigenvalue weighted by molar-refractivity contribution is 6.64. The van der Waals surface area contributed by atoms with Crippen LogP contribution in [0.25, 0.3) is 0 Å². The molecule has 0 aromatic rings. The molecule has 25 heavy (non-hydrogen) atoms. The third-order valence-corrected chi connectivity index (χ3v) is 4.41. The van der Waals surface area contributed by atoms with Crippen LogP contribution < -0.4 is 5.73 Å². The van der Waals surface area contributed by atoms with Gasteiger partial charge in [0.1, 0.15) is 0 Å². The quantitative estimate of drug-likeness (QED) is 0.193. The van der Waals surface area contributed by atoms with E-state index >= 15 is 0 Å². The van der Waals surface area contributed by atoms with Gasteiger partial charge in [-0.1, -0.05) is 44.9 Å². The maximum Gasteiger partial charge on any atom is 0.193 e. The summed E-state index contributed by atoms with van der Waals surface area (Å²) in [4.78, 5) is 4.18. The molecule has 0 amide bonds. The minimum atomic E-state index is 0.0742. The minimum Gasteiger partial charge on any atom is -0.377 e. The van der Waals surface area contributed by atoms with E-state index in [0.29, 0.717) is 11.8 Å². The number of amidine groups is 1. The Morgan fingerprint density at radius 1 is 1.28 bits per heavy atom. The van der Waals surface area contributed by atoms with Crippen molar-refractivity contribution in [1.82, 2.24) is 0 Å². The van der Waals surface area contributed by atoms with Crippen LogP contribution in [0.4, 0.5) is 0 Å². The van der Waals surface area contributed by atoms with Crippen molar-refractivity contribution in [1.29, 1.82) is 0 Å². The summed E-state index contributed by atoms with van der Waals surface area (Å²) in [6.45, 7) is 14.7. The van der Waals surface area contributed by atoms with Crippen molar-refractivity contribution >= 4 is 16.9 Å². The van der Waals surface area contributed by atoms with Gasteiger partial charge in [0.2, 0.25) is 0 Å². The molecule has 3 nitrogen and oxygen atoms in total. The third kappa shape index (κ3) is 10.5. The van der Waals surface area contributed by atoms with Gasteiger partial charge in [0.05, 0.1) is 6.10 Å². The summed E-state index contributed by atoms with van der Waals surface area (Å²) < 4.78 is 5.76. The van der Waals surface area contributed by atoms with Crippen LogP contribution in [0.3, 0.4) is 0 Å². The zero-order chi connectivity index (χ0) is 19.4. The molecule has 0 aliphatic rings. The third-order valence-electron chi connectivity index (χ3n) is 4.33. The molecule has 2 N–H and O–H groups in total. The average Bonchev–Trinajstić information content (AvgIpc) is 2.49. The fraction of sp³-hybridized carbons (Fsp3) is 0.667. The highest BCUT2D eigenvalue weighted by Gasteiger charge is 2.21. The topological polar surface area (TPSA) is 47.6 Å². The molecule has 0 heterocycles. The lowest BCUT2D eigenvalue weighted by molar-refractivity contribution is 0.117. The van der Waals surface area contributed by atoms with Crippen LogP contribution in [-0.4, -0.2) is 18.5 Å². The Hall–Kier alpha value is -1.06. The van der Waals surface area contributed by atoms with Crippen LogP contribution in [0.2, 0.25) is 0 Å². The zero-order valence-corrected chi connectivity index (χ0v) is 17.7. The summed E-state index contributed by atoms with van der Waals surface area (Å²) in [5, 5.41) is 0.0742. The average molecular weight is 369 g/mol. The second-order valence-corrected chi connectivity index (χ2v) is 7.34.